The molecule has 0 atom stereocenters. The predicted molar refractivity (Wildman–Crippen MR) is 85.4 cm³/mol. The average Bonchev–Trinajstić information content (AvgIpc) is 3.12. The van der Waals surface area contributed by atoms with Crippen LogP contribution in [0, 0.1) is 0 Å². The van der Waals surface area contributed by atoms with Crippen LogP contribution < -0.4 is 14.8 Å². The smallest absolute Gasteiger partial charge is 0.265 e. The summed E-state index contributed by atoms with van der Waals surface area (Å²) in [5, 5.41) is 4.76. The fourth-order valence-corrected chi connectivity index (χ4v) is 3.68. The van der Waals surface area contributed by atoms with E-state index in [4.69, 9.17) is 9.47 Å². The van der Waals surface area contributed by atoms with Crippen LogP contribution in [0.3, 0.4) is 0 Å². The van der Waals surface area contributed by atoms with E-state index in [0.29, 0.717) is 23.8 Å². The molecule has 0 spiro atoms. The number of fused-ring (bicyclic) bond motifs is 1. The maximum absolute atomic E-state index is 12.2. The lowest BCUT2D eigenvalue weighted by atomic mass is 10.1. The molecule has 1 aromatic heterocycles. The highest BCUT2D eigenvalue weighted by Gasteiger charge is 2.19. The Kier molecular flexibility index (Phi) is 4.17. The summed E-state index contributed by atoms with van der Waals surface area (Å²) in [4.78, 5) is 12.8. The molecule has 1 N–H and O–H groups in total. The number of carbonyl (C=O) groups is 1. The summed E-state index contributed by atoms with van der Waals surface area (Å²) in [5.74, 6) is 1.37. The van der Waals surface area contributed by atoms with Crippen molar-refractivity contribution >= 4 is 33.2 Å². The Hall–Kier alpha value is -1.53. The van der Waals surface area contributed by atoms with Crippen molar-refractivity contribution in [2.24, 2.45) is 0 Å². The molecule has 1 aromatic carbocycles. The van der Waals surface area contributed by atoms with Gasteiger partial charge in [0.1, 0.15) is 16.4 Å². The molecule has 1 aliphatic rings. The van der Waals surface area contributed by atoms with Gasteiger partial charge in [0.05, 0.1) is 13.7 Å². The molecule has 0 saturated heterocycles. The van der Waals surface area contributed by atoms with Crippen LogP contribution in [-0.4, -0.2) is 19.6 Å². The summed E-state index contributed by atoms with van der Waals surface area (Å²) in [6.45, 7) is 1.13. The largest absolute Gasteiger partial charge is 0.495 e. The Morgan fingerprint density at radius 1 is 1.52 bits per heavy atom. The third-order valence-electron chi connectivity index (χ3n) is 3.32. The van der Waals surface area contributed by atoms with E-state index in [0.717, 1.165) is 22.2 Å². The second-order valence-corrected chi connectivity index (χ2v) is 6.48. The Labute approximate surface area is 135 Å². The first kappa shape index (κ1) is 14.4. The van der Waals surface area contributed by atoms with Crippen LogP contribution in [0.15, 0.2) is 28.1 Å². The van der Waals surface area contributed by atoms with Crippen molar-refractivity contribution in [3.63, 3.8) is 0 Å². The molecular formula is C15H14BrNO3S. The first-order valence-electron chi connectivity index (χ1n) is 6.53. The van der Waals surface area contributed by atoms with Crippen molar-refractivity contribution in [2.45, 2.75) is 13.0 Å². The van der Waals surface area contributed by atoms with Gasteiger partial charge in [-0.2, -0.15) is 0 Å². The van der Waals surface area contributed by atoms with Crippen molar-refractivity contribution in [3.05, 3.63) is 44.1 Å². The minimum atomic E-state index is -0.131. The van der Waals surface area contributed by atoms with Crippen molar-refractivity contribution in [3.8, 4) is 11.5 Å². The van der Waals surface area contributed by atoms with Crippen molar-refractivity contribution in [1.82, 2.24) is 5.32 Å². The van der Waals surface area contributed by atoms with E-state index in [2.05, 4.69) is 27.3 Å². The Bertz CT molecular complexity index is 684. The number of benzene rings is 1. The van der Waals surface area contributed by atoms with Crippen LogP contribution in [0.25, 0.3) is 0 Å². The SMILES string of the molecule is COc1ccsc1C(=O)NCc1cc(Br)cc2c1OCC2. The van der Waals surface area contributed by atoms with Gasteiger partial charge in [-0.05, 0) is 29.1 Å². The maximum Gasteiger partial charge on any atom is 0.265 e. The highest BCUT2D eigenvalue weighted by molar-refractivity contribution is 9.10. The molecule has 2 heterocycles. The van der Waals surface area contributed by atoms with Crippen molar-refractivity contribution in [1.29, 1.82) is 0 Å². The lowest BCUT2D eigenvalue weighted by Gasteiger charge is -2.10. The number of nitrogens with one attached hydrogen (secondary N) is 1. The molecule has 4 nitrogen and oxygen atoms in total. The molecule has 3 rings (SSSR count). The maximum atomic E-state index is 12.2. The van der Waals surface area contributed by atoms with Gasteiger partial charge in [0.15, 0.2) is 0 Å². The first-order chi connectivity index (χ1) is 10.2. The van der Waals surface area contributed by atoms with E-state index in [1.54, 1.807) is 13.2 Å². The summed E-state index contributed by atoms with van der Waals surface area (Å²) in [6.07, 6.45) is 0.911. The number of amides is 1. The van der Waals surface area contributed by atoms with Gasteiger partial charge < -0.3 is 14.8 Å². The fourth-order valence-electron chi connectivity index (χ4n) is 2.36. The Balaban J connectivity index is 1.75. The highest BCUT2D eigenvalue weighted by Crippen LogP contribution is 2.33. The van der Waals surface area contributed by atoms with Gasteiger partial charge in [0.2, 0.25) is 0 Å². The molecule has 6 heteroatoms. The van der Waals surface area contributed by atoms with Gasteiger partial charge in [-0.15, -0.1) is 11.3 Å². The molecule has 0 saturated carbocycles. The molecule has 110 valence electrons. The Morgan fingerprint density at radius 2 is 2.38 bits per heavy atom. The predicted octanol–water partition coefficient (Wildman–Crippen LogP) is 3.38. The lowest BCUT2D eigenvalue weighted by Crippen LogP contribution is -2.22. The zero-order valence-corrected chi connectivity index (χ0v) is 13.8. The molecule has 0 radical (unpaired) electrons. The normalized spacial score (nSPS) is 12.7. The minimum Gasteiger partial charge on any atom is -0.495 e. The summed E-state index contributed by atoms with van der Waals surface area (Å²) in [6, 6.07) is 5.84. The number of thiophene rings is 1. The summed E-state index contributed by atoms with van der Waals surface area (Å²) in [5.41, 5.74) is 2.17. The van der Waals surface area contributed by atoms with E-state index >= 15 is 0 Å². The molecule has 0 bridgehead atoms. The molecular weight excluding hydrogens is 354 g/mol. The van der Waals surface area contributed by atoms with Crippen molar-refractivity contribution in [2.75, 3.05) is 13.7 Å². The monoisotopic (exact) mass is 367 g/mol. The average molecular weight is 368 g/mol. The number of halogens is 1. The molecule has 1 amide bonds. The molecule has 0 fully saturated rings. The second-order valence-electron chi connectivity index (χ2n) is 4.65. The molecule has 2 aromatic rings. The second kappa shape index (κ2) is 6.07. The molecule has 21 heavy (non-hydrogen) atoms. The van der Waals surface area contributed by atoms with E-state index in [1.165, 1.54) is 16.9 Å². The number of ether oxygens (including phenoxy) is 2. The third kappa shape index (κ3) is 2.91. The summed E-state index contributed by atoms with van der Waals surface area (Å²) < 4.78 is 11.8. The van der Waals surface area contributed by atoms with Gasteiger partial charge in [-0.25, -0.2) is 0 Å². The number of hydrogen-bond acceptors (Lipinski definition) is 4. The van der Waals surface area contributed by atoms with Gasteiger partial charge in [0, 0.05) is 23.0 Å². The quantitative estimate of drug-likeness (QED) is 0.900. The summed E-state index contributed by atoms with van der Waals surface area (Å²) in [7, 11) is 1.56. The zero-order valence-electron chi connectivity index (χ0n) is 11.4. The Morgan fingerprint density at radius 3 is 3.19 bits per heavy atom. The number of methoxy groups -OCH3 is 1. The number of carbonyl (C=O) groups excluding carboxylic acids is 1. The summed E-state index contributed by atoms with van der Waals surface area (Å²) >= 11 is 4.87. The van der Waals surface area contributed by atoms with Gasteiger partial charge >= 0.3 is 0 Å². The van der Waals surface area contributed by atoms with Crippen LogP contribution in [0.2, 0.25) is 0 Å². The minimum absolute atomic E-state index is 0.131. The van der Waals surface area contributed by atoms with Gasteiger partial charge in [-0.3, -0.25) is 4.79 Å². The van der Waals surface area contributed by atoms with Crippen LogP contribution in [0.1, 0.15) is 20.8 Å². The van der Waals surface area contributed by atoms with Crippen LogP contribution >= 0.6 is 27.3 Å². The lowest BCUT2D eigenvalue weighted by molar-refractivity contribution is 0.0952. The topological polar surface area (TPSA) is 47.6 Å². The highest BCUT2D eigenvalue weighted by atomic mass is 79.9. The first-order valence-corrected chi connectivity index (χ1v) is 8.20. The van der Waals surface area contributed by atoms with Crippen LogP contribution in [0.5, 0.6) is 11.5 Å². The van der Waals surface area contributed by atoms with Gasteiger partial charge in [0.25, 0.3) is 5.91 Å². The molecule has 0 aliphatic carbocycles. The number of rotatable bonds is 4. The van der Waals surface area contributed by atoms with Gasteiger partial charge in [-0.1, -0.05) is 15.9 Å². The van der Waals surface area contributed by atoms with E-state index in [-0.39, 0.29) is 5.91 Å². The molecule has 1 aliphatic heterocycles. The third-order valence-corrected chi connectivity index (χ3v) is 4.67. The van der Waals surface area contributed by atoms with Crippen molar-refractivity contribution < 1.29 is 14.3 Å². The van der Waals surface area contributed by atoms with E-state index in [9.17, 15) is 4.79 Å². The van der Waals surface area contributed by atoms with Crippen LogP contribution in [-0.2, 0) is 13.0 Å². The van der Waals surface area contributed by atoms with E-state index in [1.807, 2.05) is 11.4 Å². The van der Waals surface area contributed by atoms with E-state index < -0.39 is 0 Å². The fraction of sp³-hybridized carbons (Fsp3) is 0.267. The number of hydrogen-bond donors (Lipinski definition) is 1. The zero-order chi connectivity index (χ0) is 14.8. The molecule has 0 unspecified atom stereocenters. The van der Waals surface area contributed by atoms with Crippen LogP contribution in [0.4, 0.5) is 0 Å². The standard InChI is InChI=1S/C15H14BrNO3S/c1-19-12-3-5-21-14(12)15(18)17-8-10-7-11(16)6-9-2-4-20-13(9)10/h3,5-7H,2,4,8H2,1H3,(H,17,18).